The van der Waals surface area contributed by atoms with Gasteiger partial charge in [-0.2, -0.15) is 0 Å². The van der Waals surface area contributed by atoms with Crippen LogP contribution in [-0.4, -0.2) is 47.7 Å². The van der Waals surface area contributed by atoms with Crippen LogP contribution in [0.5, 0.6) is 0 Å². The van der Waals surface area contributed by atoms with Crippen LogP contribution in [0.25, 0.3) is 0 Å². The van der Waals surface area contributed by atoms with E-state index in [2.05, 4.69) is 66.9 Å². The number of allylic oxidation sites excluding steroid dienone is 1. The molecule has 0 saturated heterocycles. The van der Waals surface area contributed by atoms with Crippen molar-refractivity contribution in [1.82, 2.24) is 4.90 Å². The lowest BCUT2D eigenvalue weighted by Gasteiger charge is -2.73. The van der Waals surface area contributed by atoms with E-state index in [0.717, 1.165) is 24.7 Å². The number of rotatable bonds is 12. The Kier molecular flexibility index (Phi) is 10.5. The number of carbonyl (C=O) groups is 2. The molecule has 0 aromatic rings. The van der Waals surface area contributed by atoms with E-state index in [0.29, 0.717) is 34.0 Å². The van der Waals surface area contributed by atoms with Gasteiger partial charge < -0.3 is 14.7 Å². The standard InChI is InChI=1S/C43H73NO4/c1-12-26-44(13-2)27-14-20-43-23-17-30(29(3)4)36(43)31-15-16-33-40(9)21-19-34(48-35(45)28-38(5,6)37(46)47)39(7,8)32(40)18-22-42(33,11)41(31,10)24-25-43/h30-34,36H,3,12-28H2,1-2,4-11H3,(H,46,47)/t30-,31+,32-,33+,34-,36+,40-,41+,42+,43+/m0/s1. The zero-order valence-electron chi connectivity index (χ0n) is 32.8. The van der Waals surface area contributed by atoms with Gasteiger partial charge in [-0.25, -0.2) is 0 Å². The molecule has 0 spiro atoms. The van der Waals surface area contributed by atoms with Gasteiger partial charge in [-0.1, -0.05) is 60.6 Å². The third-order valence-corrected chi connectivity index (χ3v) is 16.8. The molecule has 0 aromatic carbocycles. The summed E-state index contributed by atoms with van der Waals surface area (Å²) in [6, 6.07) is 0. The first-order valence-electron chi connectivity index (χ1n) is 20.1. The van der Waals surface area contributed by atoms with Crippen molar-refractivity contribution in [3.8, 4) is 0 Å². The van der Waals surface area contributed by atoms with Gasteiger partial charge >= 0.3 is 11.9 Å². The minimum atomic E-state index is -1.11. The number of nitrogens with zero attached hydrogens (tertiary/aromatic N) is 1. The van der Waals surface area contributed by atoms with Gasteiger partial charge in [0.2, 0.25) is 0 Å². The minimum absolute atomic E-state index is 0.0826. The molecule has 0 radical (unpaired) electrons. The Labute approximate surface area is 294 Å². The molecule has 48 heavy (non-hydrogen) atoms. The van der Waals surface area contributed by atoms with Crippen LogP contribution in [0.4, 0.5) is 0 Å². The predicted octanol–water partition coefficient (Wildman–Crippen LogP) is 10.6. The van der Waals surface area contributed by atoms with Crippen LogP contribution in [0.1, 0.15) is 159 Å². The Morgan fingerprint density at radius 1 is 0.875 bits per heavy atom. The van der Waals surface area contributed by atoms with Crippen LogP contribution in [0, 0.1) is 62.1 Å². The van der Waals surface area contributed by atoms with Crippen molar-refractivity contribution in [3.05, 3.63) is 12.2 Å². The highest BCUT2D eigenvalue weighted by molar-refractivity contribution is 5.81. The molecule has 5 aliphatic rings. The van der Waals surface area contributed by atoms with Gasteiger partial charge in [0.1, 0.15) is 6.10 Å². The fourth-order valence-electron chi connectivity index (χ4n) is 13.9. The average Bonchev–Trinajstić information content (AvgIpc) is 3.38. The van der Waals surface area contributed by atoms with Gasteiger partial charge in [-0.05, 0) is 175 Å². The second-order valence-electron chi connectivity index (χ2n) is 19.8. The quantitative estimate of drug-likeness (QED) is 0.166. The van der Waals surface area contributed by atoms with Crippen molar-refractivity contribution in [1.29, 1.82) is 0 Å². The van der Waals surface area contributed by atoms with Crippen LogP contribution in [-0.2, 0) is 14.3 Å². The molecule has 10 atom stereocenters. The third kappa shape index (κ3) is 6.04. The summed E-state index contributed by atoms with van der Waals surface area (Å²) in [5, 5.41) is 9.60. The highest BCUT2D eigenvalue weighted by Crippen LogP contribution is 2.78. The predicted molar refractivity (Wildman–Crippen MR) is 197 cm³/mol. The van der Waals surface area contributed by atoms with Crippen LogP contribution < -0.4 is 0 Å². The van der Waals surface area contributed by atoms with Gasteiger partial charge in [-0.3, -0.25) is 9.59 Å². The van der Waals surface area contributed by atoms with Crippen molar-refractivity contribution in [2.75, 3.05) is 19.6 Å². The Morgan fingerprint density at radius 2 is 1.58 bits per heavy atom. The highest BCUT2D eigenvalue weighted by Gasteiger charge is 2.71. The molecule has 274 valence electrons. The molecule has 5 aliphatic carbocycles. The molecular formula is C43H73NO4. The molecule has 5 saturated carbocycles. The summed E-state index contributed by atoms with van der Waals surface area (Å²) in [4.78, 5) is 27.5. The fraction of sp³-hybridized carbons (Fsp3) is 0.907. The van der Waals surface area contributed by atoms with Gasteiger partial charge in [0.25, 0.3) is 0 Å². The van der Waals surface area contributed by atoms with E-state index < -0.39 is 11.4 Å². The van der Waals surface area contributed by atoms with Gasteiger partial charge in [0, 0.05) is 5.41 Å². The molecule has 1 N–H and O–H groups in total. The SMILES string of the molecule is C=C(C)[C@@H]1CC[C@]2(CCCN(CC)CCC)CC[C@]3(C)[C@H](CC[C@@H]4[C@@]5(C)CC[C@H](OC(=O)CC(C)(C)C(=O)O)C(C)(C)[C@@H]5CC[C@]43C)[C@@H]12. The molecule has 5 heteroatoms. The van der Waals surface area contributed by atoms with Crippen LogP contribution in [0.3, 0.4) is 0 Å². The Balaban J connectivity index is 1.37. The zero-order valence-corrected chi connectivity index (χ0v) is 32.8. The Bertz CT molecular complexity index is 1220. The summed E-state index contributed by atoms with van der Waals surface area (Å²) >= 11 is 0. The topological polar surface area (TPSA) is 66.8 Å². The summed E-state index contributed by atoms with van der Waals surface area (Å²) < 4.78 is 6.20. The lowest BCUT2D eigenvalue weighted by Crippen LogP contribution is -2.66. The van der Waals surface area contributed by atoms with Crippen molar-refractivity contribution < 1.29 is 19.4 Å². The van der Waals surface area contributed by atoms with E-state index in [1.54, 1.807) is 13.8 Å². The molecule has 5 rings (SSSR count). The number of fused-ring (bicyclic) bond motifs is 7. The monoisotopic (exact) mass is 668 g/mol. The molecule has 0 unspecified atom stereocenters. The first-order valence-corrected chi connectivity index (χ1v) is 20.1. The molecule has 5 fully saturated rings. The number of ether oxygens (including phenoxy) is 1. The van der Waals surface area contributed by atoms with E-state index >= 15 is 0 Å². The molecule has 0 aromatic heterocycles. The highest BCUT2D eigenvalue weighted by atomic mass is 16.5. The van der Waals surface area contributed by atoms with Crippen molar-refractivity contribution in [2.24, 2.45) is 62.1 Å². The Morgan fingerprint density at radius 3 is 2.21 bits per heavy atom. The molecule has 0 amide bonds. The zero-order chi connectivity index (χ0) is 35.5. The van der Waals surface area contributed by atoms with Gasteiger partial charge in [0.05, 0.1) is 11.8 Å². The molecule has 5 nitrogen and oxygen atoms in total. The Hall–Kier alpha value is -1.36. The lowest BCUT2D eigenvalue weighted by atomic mass is 9.32. The van der Waals surface area contributed by atoms with Crippen molar-refractivity contribution >= 4 is 11.9 Å². The summed E-state index contributed by atoms with van der Waals surface area (Å²) in [5.74, 6) is 2.08. The van der Waals surface area contributed by atoms with Gasteiger partial charge in [0.15, 0.2) is 0 Å². The lowest BCUT2D eigenvalue weighted by molar-refractivity contribution is -0.250. The van der Waals surface area contributed by atoms with E-state index in [1.165, 1.54) is 95.8 Å². The summed E-state index contributed by atoms with van der Waals surface area (Å²) in [6.07, 6.45) is 16.4. The normalized spacial score (nSPS) is 41.9. The molecule has 0 heterocycles. The van der Waals surface area contributed by atoms with Crippen LogP contribution >= 0.6 is 0 Å². The van der Waals surface area contributed by atoms with E-state index in [-0.39, 0.29) is 29.3 Å². The number of hydrogen-bond acceptors (Lipinski definition) is 4. The van der Waals surface area contributed by atoms with E-state index in [9.17, 15) is 14.7 Å². The smallest absolute Gasteiger partial charge is 0.309 e. The number of carbonyl (C=O) groups excluding carboxylic acids is 1. The minimum Gasteiger partial charge on any atom is -0.481 e. The number of hydrogen-bond donors (Lipinski definition) is 1. The first kappa shape index (κ1) is 37.9. The second kappa shape index (κ2) is 13.3. The van der Waals surface area contributed by atoms with Crippen LogP contribution in [0.2, 0.25) is 0 Å². The third-order valence-electron chi connectivity index (χ3n) is 16.8. The number of esters is 1. The maximum absolute atomic E-state index is 13.1. The van der Waals surface area contributed by atoms with Crippen molar-refractivity contribution in [2.45, 2.75) is 165 Å². The van der Waals surface area contributed by atoms with E-state index in [1.807, 2.05) is 0 Å². The first-order chi connectivity index (χ1) is 22.3. The van der Waals surface area contributed by atoms with Crippen LogP contribution in [0.15, 0.2) is 12.2 Å². The maximum atomic E-state index is 13.1. The number of carboxylic acid groups (broad SMARTS) is 1. The largest absolute Gasteiger partial charge is 0.481 e. The summed E-state index contributed by atoms with van der Waals surface area (Å²) in [7, 11) is 0. The number of carboxylic acids is 1. The summed E-state index contributed by atoms with van der Waals surface area (Å²) in [5.41, 5.74) is 1.53. The van der Waals surface area contributed by atoms with Gasteiger partial charge in [-0.15, -0.1) is 0 Å². The van der Waals surface area contributed by atoms with Crippen molar-refractivity contribution in [3.63, 3.8) is 0 Å². The molecular weight excluding hydrogens is 594 g/mol. The molecule has 0 aliphatic heterocycles. The summed E-state index contributed by atoms with van der Waals surface area (Å²) in [6.45, 7) is 31.3. The average molecular weight is 668 g/mol. The van der Waals surface area contributed by atoms with E-state index in [4.69, 9.17) is 4.74 Å². The number of aliphatic carboxylic acids is 1. The fourth-order valence-corrected chi connectivity index (χ4v) is 13.9. The second-order valence-corrected chi connectivity index (χ2v) is 19.8. The molecule has 0 bridgehead atoms. The maximum Gasteiger partial charge on any atom is 0.309 e.